The highest BCUT2D eigenvalue weighted by molar-refractivity contribution is 6.28. The molecule has 0 aliphatic carbocycles. The van der Waals surface area contributed by atoms with E-state index < -0.39 is 29.9 Å². The first-order valence-electron chi connectivity index (χ1n) is 6.15. The fraction of sp³-hybridized carbons (Fsp3) is 0.667. The number of nitrogens with one attached hydrogen (secondary N) is 3. The maximum Gasteiger partial charge on any atom is 0.248 e. The van der Waals surface area contributed by atoms with Gasteiger partial charge in [0.15, 0.2) is 5.78 Å². The molecule has 0 aliphatic rings. The van der Waals surface area contributed by atoms with Gasteiger partial charge in [0.25, 0.3) is 0 Å². The van der Waals surface area contributed by atoms with Gasteiger partial charge < -0.3 is 5.32 Å². The molecular formula is C12H20ClN3O4. The van der Waals surface area contributed by atoms with Gasteiger partial charge in [-0.05, 0) is 20.8 Å². The normalized spacial score (nSPS) is 14.8. The minimum absolute atomic E-state index is 0.152. The molecule has 0 spiro atoms. The van der Waals surface area contributed by atoms with Crippen molar-refractivity contribution in [1.82, 2.24) is 16.0 Å². The van der Waals surface area contributed by atoms with Crippen LogP contribution >= 0.6 is 11.6 Å². The Bertz CT molecular complexity index is 400. The zero-order valence-corrected chi connectivity index (χ0v) is 12.7. The van der Waals surface area contributed by atoms with Gasteiger partial charge in [-0.1, -0.05) is 0 Å². The number of amides is 3. The summed E-state index contributed by atoms with van der Waals surface area (Å²) >= 11 is 5.40. The van der Waals surface area contributed by atoms with E-state index in [-0.39, 0.29) is 17.6 Å². The summed E-state index contributed by atoms with van der Waals surface area (Å²) in [5, 5.41) is 7.24. The molecule has 3 atom stereocenters. The predicted octanol–water partition coefficient (Wildman–Crippen LogP) is -0.672. The highest BCUT2D eigenvalue weighted by Crippen LogP contribution is 1.93. The minimum atomic E-state index is -0.814. The van der Waals surface area contributed by atoms with Crippen molar-refractivity contribution in [3.63, 3.8) is 0 Å². The molecule has 0 aromatic heterocycles. The van der Waals surface area contributed by atoms with Gasteiger partial charge >= 0.3 is 0 Å². The third-order valence-corrected chi connectivity index (χ3v) is 2.83. The number of halogens is 1. The summed E-state index contributed by atoms with van der Waals surface area (Å²) in [6, 6.07) is -2.15. The summed E-state index contributed by atoms with van der Waals surface area (Å²) in [6.45, 7) is 5.83. The van der Waals surface area contributed by atoms with Crippen molar-refractivity contribution in [2.75, 3.05) is 5.88 Å². The Morgan fingerprint density at radius 1 is 0.950 bits per heavy atom. The first kappa shape index (κ1) is 18.5. The average Bonchev–Trinajstić information content (AvgIpc) is 2.36. The lowest BCUT2D eigenvalue weighted by Gasteiger charge is -2.19. The van der Waals surface area contributed by atoms with E-state index in [0.29, 0.717) is 0 Å². The van der Waals surface area contributed by atoms with Crippen molar-refractivity contribution >= 4 is 35.1 Å². The number of hydrogen-bond donors (Lipinski definition) is 3. The van der Waals surface area contributed by atoms with Gasteiger partial charge in [-0.3, -0.25) is 29.8 Å². The van der Waals surface area contributed by atoms with Crippen LogP contribution in [0.15, 0.2) is 0 Å². The number of ketones is 1. The highest BCUT2D eigenvalue weighted by Gasteiger charge is 2.22. The first-order chi connectivity index (χ1) is 9.18. The summed E-state index contributed by atoms with van der Waals surface area (Å²) in [6.07, 6.45) is 0. The SMILES string of the molecule is CC(=O)N[C@@H](C)C(=O)NC(=O)[C@H](C)N[C@@H](C)C(=O)CCl. The Morgan fingerprint density at radius 3 is 1.90 bits per heavy atom. The van der Waals surface area contributed by atoms with Gasteiger partial charge in [0.2, 0.25) is 17.7 Å². The van der Waals surface area contributed by atoms with E-state index in [0.717, 1.165) is 0 Å². The maximum absolute atomic E-state index is 11.7. The van der Waals surface area contributed by atoms with E-state index in [1.807, 2.05) is 0 Å². The molecular weight excluding hydrogens is 286 g/mol. The average molecular weight is 306 g/mol. The molecule has 0 saturated carbocycles. The molecule has 0 unspecified atom stereocenters. The van der Waals surface area contributed by atoms with Crippen molar-refractivity contribution in [1.29, 1.82) is 0 Å². The molecule has 3 amide bonds. The Morgan fingerprint density at radius 2 is 1.45 bits per heavy atom. The molecule has 0 aromatic rings. The van der Waals surface area contributed by atoms with E-state index in [4.69, 9.17) is 11.6 Å². The number of Topliss-reactive ketones (excluding diaryl/α,β-unsaturated/α-hetero) is 1. The van der Waals surface area contributed by atoms with Gasteiger partial charge in [-0.15, -0.1) is 11.6 Å². The summed E-state index contributed by atoms with van der Waals surface area (Å²) in [5.41, 5.74) is 0. The molecule has 0 radical (unpaired) electrons. The zero-order valence-electron chi connectivity index (χ0n) is 12.0. The fourth-order valence-corrected chi connectivity index (χ4v) is 1.60. The molecule has 3 N–H and O–H groups in total. The summed E-state index contributed by atoms with van der Waals surface area (Å²) in [7, 11) is 0. The zero-order chi connectivity index (χ0) is 15.9. The number of carbonyl (C=O) groups excluding carboxylic acids is 4. The monoisotopic (exact) mass is 305 g/mol. The fourth-order valence-electron chi connectivity index (χ4n) is 1.37. The van der Waals surface area contributed by atoms with Crippen LogP contribution in [-0.4, -0.2) is 47.5 Å². The van der Waals surface area contributed by atoms with Crippen LogP contribution in [-0.2, 0) is 19.2 Å². The van der Waals surface area contributed by atoms with Crippen LogP contribution in [0.1, 0.15) is 27.7 Å². The summed E-state index contributed by atoms with van der Waals surface area (Å²) in [4.78, 5) is 45.4. The van der Waals surface area contributed by atoms with Crippen molar-refractivity contribution in [2.45, 2.75) is 45.8 Å². The molecule has 0 aliphatic heterocycles. The number of alkyl halides is 1. The molecule has 0 heterocycles. The highest BCUT2D eigenvalue weighted by atomic mass is 35.5. The third kappa shape index (κ3) is 6.63. The van der Waals surface area contributed by atoms with Crippen LogP contribution in [0.2, 0.25) is 0 Å². The van der Waals surface area contributed by atoms with Gasteiger partial charge in [0, 0.05) is 6.92 Å². The van der Waals surface area contributed by atoms with E-state index in [2.05, 4.69) is 16.0 Å². The summed E-state index contributed by atoms with van der Waals surface area (Å²) < 4.78 is 0. The Labute approximate surface area is 122 Å². The molecule has 114 valence electrons. The van der Waals surface area contributed by atoms with Crippen LogP contribution in [0.25, 0.3) is 0 Å². The standard InChI is InChI=1S/C12H20ClN3O4/c1-6(10(18)5-13)14-7(2)11(19)16-12(20)8(3)15-9(4)17/h6-8,14H,5H2,1-4H3,(H,15,17)(H,16,19,20)/t6-,7-,8-/m0/s1. The van der Waals surface area contributed by atoms with E-state index in [9.17, 15) is 19.2 Å². The molecule has 0 fully saturated rings. The minimum Gasteiger partial charge on any atom is -0.345 e. The molecule has 0 rings (SSSR count). The number of carbonyl (C=O) groups is 4. The van der Waals surface area contributed by atoms with Crippen molar-refractivity contribution in [3.05, 3.63) is 0 Å². The van der Waals surface area contributed by atoms with Gasteiger partial charge in [-0.2, -0.15) is 0 Å². The quantitative estimate of drug-likeness (QED) is 0.541. The van der Waals surface area contributed by atoms with Crippen molar-refractivity contribution in [3.8, 4) is 0 Å². The van der Waals surface area contributed by atoms with Crippen LogP contribution in [0.5, 0.6) is 0 Å². The first-order valence-corrected chi connectivity index (χ1v) is 6.69. The number of rotatable bonds is 7. The lowest BCUT2D eigenvalue weighted by molar-refractivity contribution is -0.134. The van der Waals surface area contributed by atoms with E-state index >= 15 is 0 Å². The molecule has 20 heavy (non-hydrogen) atoms. The lowest BCUT2D eigenvalue weighted by atomic mass is 10.2. The van der Waals surface area contributed by atoms with Crippen molar-refractivity contribution < 1.29 is 19.2 Å². The van der Waals surface area contributed by atoms with Crippen molar-refractivity contribution in [2.24, 2.45) is 0 Å². The molecule has 0 aromatic carbocycles. The number of hydrogen-bond acceptors (Lipinski definition) is 5. The Hall–Kier alpha value is -1.47. The smallest absolute Gasteiger partial charge is 0.248 e. The second-order valence-corrected chi connectivity index (χ2v) is 4.75. The van der Waals surface area contributed by atoms with Gasteiger partial charge in [-0.25, -0.2) is 0 Å². The summed E-state index contributed by atoms with van der Waals surface area (Å²) in [5.74, 6) is -1.96. The van der Waals surface area contributed by atoms with Gasteiger partial charge in [0.1, 0.15) is 6.04 Å². The van der Waals surface area contributed by atoms with E-state index in [1.165, 1.54) is 20.8 Å². The lowest BCUT2D eigenvalue weighted by Crippen LogP contribution is -2.53. The predicted molar refractivity (Wildman–Crippen MR) is 74.2 cm³/mol. The Balaban J connectivity index is 4.35. The molecule has 0 bridgehead atoms. The topological polar surface area (TPSA) is 104 Å². The molecule has 7 nitrogen and oxygen atoms in total. The van der Waals surface area contributed by atoms with Crippen LogP contribution in [0.3, 0.4) is 0 Å². The molecule has 8 heteroatoms. The van der Waals surface area contributed by atoms with Crippen LogP contribution in [0, 0.1) is 0 Å². The van der Waals surface area contributed by atoms with E-state index in [1.54, 1.807) is 6.92 Å². The maximum atomic E-state index is 11.7. The Kier molecular flexibility index (Phi) is 8.02. The van der Waals surface area contributed by atoms with Gasteiger partial charge in [0.05, 0.1) is 18.0 Å². The van der Waals surface area contributed by atoms with Crippen LogP contribution < -0.4 is 16.0 Å². The number of imide groups is 1. The second-order valence-electron chi connectivity index (χ2n) is 4.49. The largest absolute Gasteiger partial charge is 0.345 e. The van der Waals surface area contributed by atoms with Crippen LogP contribution in [0.4, 0.5) is 0 Å². The molecule has 0 saturated heterocycles. The third-order valence-electron chi connectivity index (χ3n) is 2.57. The second kappa shape index (κ2) is 8.65.